The summed E-state index contributed by atoms with van der Waals surface area (Å²) in [6.07, 6.45) is 2.51. The molecule has 2 aliphatic rings. The van der Waals surface area contributed by atoms with Gasteiger partial charge in [-0.1, -0.05) is 0 Å². The number of amidine groups is 2. The molecule has 0 unspecified atom stereocenters. The van der Waals surface area contributed by atoms with Crippen molar-refractivity contribution in [2.45, 2.75) is 19.8 Å². The van der Waals surface area contributed by atoms with Crippen molar-refractivity contribution in [3.63, 3.8) is 0 Å². The molecule has 0 saturated heterocycles. The lowest BCUT2D eigenvalue weighted by atomic mass is 10.4. The Kier molecular flexibility index (Phi) is 0.860. The second-order valence-electron chi connectivity index (χ2n) is 2.49. The highest BCUT2D eigenvalue weighted by molar-refractivity contribution is 6.04. The van der Waals surface area contributed by atoms with Crippen LogP contribution in [-0.2, 0) is 0 Å². The van der Waals surface area contributed by atoms with Crippen molar-refractivity contribution in [3.05, 3.63) is 0 Å². The molecule has 9 heavy (non-hydrogen) atoms. The number of hydrogen-bond donors (Lipinski definition) is 0. The molecule has 3 heteroatoms. The maximum Gasteiger partial charge on any atom is 0.156 e. The van der Waals surface area contributed by atoms with Crippen molar-refractivity contribution >= 4 is 11.7 Å². The Balaban J connectivity index is 2.04. The molecule has 0 aromatic carbocycles. The molecule has 0 bridgehead atoms. The second kappa shape index (κ2) is 1.56. The van der Waals surface area contributed by atoms with Gasteiger partial charge in [0.25, 0.3) is 0 Å². The van der Waals surface area contributed by atoms with Crippen LogP contribution in [-0.4, -0.2) is 11.7 Å². The van der Waals surface area contributed by atoms with E-state index in [-0.39, 0.29) is 0 Å². The van der Waals surface area contributed by atoms with Gasteiger partial charge in [0, 0.05) is 5.92 Å². The van der Waals surface area contributed by atoms with E-state index in [1.54, 1.807) is 0 Å². The average molecular weight is 122 g/mol. The van der Waals surface area contributed by atoms with Crippen LogP contribution in [0.5, 0.6) is 0 Å². The van der Waals surface area contributed by atoms with Crippen LogP contribution in [0.1, 0.15) is 19.8 Å². The Labute approximate surface area is 53.9 Å². The summed E-state index contributed by atoms with van der Waals surface area (Å²) in [5, 5.41) is 11.9. The first-order valence-electron chi connectivity index (χ1n) is 3.20. The molecule has 0 N–H and O–H groups in total. The zero-order valence-corrected chi connectivity index (χ0v) is 5.33. The minimum Gasteiger partial charge on any atom is -0.214 e. The minimum atomic E-state index is 0.645. The van der Waals surface area contributed by atoms with Crippen LogP contribution in [0.2, 0.25) is 0 Å². The first-order valence-corrected chi connectivity index (χ1v) is 3.20. The van der Waals surface area contributed by atoms with Gasteiger partial charge in [-0.2, -0.15) is 0 Å². The van der Waals surface area contributed by atoms with Gasteiger partial charge < -0.3 is 0 Å². The summed E-state index contributed by atoms with van der Waals surface area (Å²) in [4.78, 5) is 0. The molecule has 0 aromatic heterocycles. The SMILES string of the molecule is CC1=NN=C(C2CC2)[N]1. The highest BCUT2D eigenvalue weighted by Gasteiger charge is 2.30. The van der Waals surface area contributed by atoms with Gasteiger partial charge >= 0.3 is 0 Å². The van der Waals surface area contributed by atoms with E-state index in [1.165, 1.54) is 12.8 Å². The predicted molar refractivity (Wildman–Crippen MR) is 35.4 cm³/mol. The molecule has 1 fully saturated rings. The van der Waals surface area contributed by atoms with Crippen LogP contribution in [0.25, 0.3) is 0 Å². The first-order chi connectivity index (χ1) is 4.36. The number of rotatable bonds is 1. The molecule has 1 aliphatic carbocycles. The van der Waals surface area contributed by atoms with Crippen molar-refractivity contribution in [2.75, 3.05) is 0 Å². The van der Waals surface area contributed by atoms with Crippen molar-refractivity contribution < 1.29 is 0 Å². The minimum absolute atomic E-state index is 0.645. The van der Waals surface area contributed by atoms with Crippen LogP contribution in [0.3, 0.4) is 0 Å². The van der Waals surface area contributed by atoms with E-state index in [0.29, 0.717) is 5.92 Å². The first kappa shape index (κ1) is 4.97. The summed E-state index contributed by atoms with van der Waals surface area (Å²) < 4.78 is 0. The Bertz CT molecular complexity index is 188. The molecule has 3 nitrogen and oxygen atoms in total. The highest BCUT2D eigenvalue weighted by atomic mass is 15.3. The number of hydrogen-bond acceptors (Lipinski definition) is 2. The van der Waals surface area contributed by atoms with E-state index in [4.69, 9.17) is 0 Å². The summed E-state index contributed by atoms with van der Waals surface area (Å²) in [7, 11) is 0. The lowest BCUT2D eigenvalue weighted by Gasteiger charge is -1.91. The van der Waals surface area contributed by atoms with Gasteiger partial charge in [0.05, 0.1) is 0 Å². The van der Waals surface area contributed by atoms with Gasteiger partial charge in [-0.25, -0.2) is 5.32 Å². The average Bonchev–Trinajstić information content (AvgIpc) is 2.58. The molecular formula is C6H8N3. The van der Waals surface area contributed by atoms with Crippen LogP contribution in [0.4, 0.5) is 0 Å². The topological polar surface area (TPSA) is 38.8 Å². The van der Waals surface area contributed by atoms with Crippen LogP contribution < -0.4 is 5.32 Å². The van der Waals surface area contributed by atoms with Crippen LogP contribution >= 0.6 is 0 Å². The summed E-state index contributed by atoms with van der Waals surface area (Å²) >= 11 is 0. The Morgan fingerprint density at radius 1 is 1.33 bits per heavy atom. The van der Waals surface area contributed by atoms with E-state index < -0.39 is 0 Å². The van der Waals surface area contributed by atoms with E-state index >= 15 is 0 Å². The van der Waals surface area contributed by atoms with Crippen molar-refractivity contribution in [3.8, 4) is 0 Å². The largest absolute Gasteiger partial charge is 0.214 e. The van der Waals surface area contributed by atoms with Gasteiger partial charge in [0.1, 0.15) is 5.84 Å². The third kappa shape index (κ3) is 0.823. The molecule has 47 valence electrons. The normalized spacial score (nSPS) is 25.0. The molecule has 2 rings (SSSR count). The molecular weight excluding hydrogens is 114 g/mol. The molecule has 0 spiro atoms. The molecule has 1 heterocycles. The summed E-state index contributed by atoms with van der Waals surface area (Å²) in [5.41, 5.74) is 0. The van der Waals surface area contributed by atoms with E-state index in [0.717, 1.165) is 11.7 Å². The maximum absolute atomic E-state index is 4.15. The van der Waals surface area contributed by atoms with E-state index in [1.807, 2.05) is 6.92 Å². The predicted octanol–water partition coefficient (Wildman–Crippen LogP) is 0.746. The summed E-state index contributed by atoms with van der Waals surface area (Å²) in [6.45, 7) is 1.87. The van der Waals surface area contributed by atoms with Crippen molar-refractivity contribution in [1.82, 2.24) is 5.32 Å². The highest BCUT2D eigenvalue weighted by Crippen LogP contribution is 2.30. The van der Waals surface area contributed by atoms with Crippen molar-refractivity contribution in [2.24, 2.45) is 16.1 Å². The Hall–Kier alpha value is -0.860. The van der Waals surface area contributed by atoms with Gasteiger partial charge in [-0.3, -0.25) is 0 Å². The lowest BCUT2D eigenvalue weighted by molar-refractivity contribution is 1.10. The third-order valence-corrected chi connectivity index (χ3v) is 1.52. The fourth-order valence-electron chi connectivity index (χ4n) is 0.849. The zero-order chi connectivity index (χ0) is 6.27. The summed E-state index contributed by atoms with van der Waals surface area (Å²) in [5.74, 6) is 2.40. The zero-order valence-electron chi connectivity index (χ0n) is 5.33. The Morgan fingerprint density at radius 2 is 2.11 bits per heavy atom. The van der Waals surface area contributed by atoms with Gasteiger partial charge in [0.2, 0.25) is 0 Å². The summed E-state index contributed by atoms with van der Waals surface area (Å²) in [6, 6.07) is 0. The maximum atomic E-state index is 4.15. The third-order valence-electron chi connectivity index (χ3n) is 1.52. The Morgan fingerprint density at radius 3 is 2.56 bits per heavy atom. The van der Waals surface area contributed by atoms with E-state index in [9.17, 15) is 0 Å². The fraction of sp³-hybridized carbons (Fsp3) is 0.667. The molecule has 1 aliphatic heterocycles. The molecule has 0 aromatic rings. The van der Waals surface area contributed by atoms with Crippen LogP contribution in [0.15, 0.2) is 10.2 Å². The smallest absolute Gasteiger partial charge is 0.156 e. The quantitative estimate of drug-likeness (QED) is 0.492. The second-order valence-corrected chi connectivity index (χ2v) is 2.49. The fourth-order valence-corrected chi connectivity index (χ4v) is 0.849. The van der Waals surface area contributed by atoms with Crippen molar-refractivity contribution in [1.29, 1.82) is 0 Å². The molecule has 1 saturated carbocycles. The monoisotopic (exact) mass is 122 g/mol. The lowest BCUT2D eigenvalue weighted by Crippen LogP contribution is -2.16. The molecule has 0 atom stereocenters. The van der Waals surface area contributed by atoms with E-state index in [2.05, 4.69) is 15.5 Å². The number of nitrogens with zero attached hydrogens (tertiary/aromatic N) is 3. The van der Waals surface area contributed by atoms with Gasteiger partial charge in [-0.05, 0) is 19.8 Å². The molecule has 1 radical (unpaired) electrons. The van der Waals surface area contributed by atoms with Gasteiger partial charge in [0.15, 0.2) is 5.84 Å². The standard InChI is InChI=1S/C6H8N3/c1-4-7-6(9-8-4)5-2-3-5/h5H,2-3H2,1H3. The van der Waals surface area contributed by atoms with Gasteiger partial charge in [-0.15, -0.1) is 10.2 Å². The molecule has 0 amide bonds. The van der Waals surface area contributed by atoms with Crippen LogP contribution in [0, 0.1) is 5.92 Å².